The number of aliphatic hydroxyl groups is 1. The number of aliphatic hydroxyl groups excluding tert-OH is 1. The molecule has 5 aromatic rings. The van der Waals surface area contributed by atoms with Crippen LogP contribution in [0.3, 0.4) is 0 Å². The molecule has 1 aromatic heterocycles. The molecule has 0 saturated carbocycles. The summed E-state index contributed by atoms with van der Waals surface area (Å²) in [5.41, 5.74) is 8.74. The number of aromatic amines is 1. The molecule has 0 aliphatic rings. The second kappa shape index (κ2) is 20.5. The first-order valence-corrected chi connectivity index (χ1v) is 18.7. The smallest absolute Gasteiger partial charge is 0.328 e. The van der Waals surface area contributed by atoms with E-state index in [1.807, 2.05) is 97.1 Å². The molecular weight excluding hydrogens is 711 g/mol. The lowest BCUT2D eigenvalue weighted by atomic mass is 9.76. The number of amides is 3. The summed E-state index contributed by atoms with van der Waals surface area (Å²) < 4.78 is 0. The molecule has 0 saturated heterocycles. The average molecular weight is 760 g/mol. The van der Waals surface area contributed by atoms with Crippen molar-refractivity contribution in [1.29, 1.82) is 0 Å². The van der Waals surface area contributed by atoms with Gasteiger partial charge in [0.25, 0.3) is 0 Å². The minimum Gasteiger partial charge on any atom is -0.480 e. The number of carbonyl (C=O) groups is 4. The van der Waals surface area contributed by atoms with Gasteiger partial charge in [0.15, 0.2) is 0 Å². The molecule has 5 rings (SSSR count). The summed E-state index contributed by atoms with van der Waals surface area (Å²) in [5.74, 6) is -3.35. The molecule has 13 heteroatoms. The number of carboxylic acids is 1. The molecule has 3 amide bonds. The third-order valence-corrected chi connectivity index (χ3v) is 9.59. The summed E-state index contributed by atoms with van der Waals surface area (Å²) in [6.45, 7) is -0.470. The SMILES string of the molecule is NCCCC[C@H](NC(=O)[C@H](Cc1c[nH]cn1)NC(c1ccccc1)(c1ccccc1)c1ccccc1)C(=O)N[C@@H](Cc1ccccc1)C(=O)N[C@@H](CO)C(=O)O. The topological polar surface area (TPSA) is 212 Å². The van der Waals surface area contributed by atoms with Gasteiger partial charge in [0.1, 0.15) is 18.1 Å². The number of nitrogens with one attached hydrogen (secondary N) is 5. The Labute approximate surface area is 326 Å². The van der Waals surface area contributed by atoms with Gasteiger partial charge in [-0.05, 0) is 48.1 Å². The van der Waals surface area contributed by atoms with Crippen LogP contribution in [0.15, 0.2) is 134 Å². The van der Waals surface area contributed by atoms with Crippen LogP contribution in [0.2, 0.25) is 0 Å². The number of H-pyrrole nitrogens is 1. The fraction of sp³-hybridized carbons (Fsp3) is 0.279. The largest absolute Gasteiger partial charge is 0.480 e. The number of hydrogen-bond acceptors (Lipinski definition) is 8. The Morgan fingerprint density at radius 2 is 1.12 bits per heavy atom. The van der Waals surface area contributed by atoms with Crippen molar-refractivity contribution < 1.29 is 29.4 Å². The fourth-order valence-electron chi connectivity index (χ4n) is 6.72. The summed E-state index contributed by atoms with van der Waals surface area (Å²) in [7, 11) is 0. The number of carbonyl (C=O) groups excluding carboxylic acids is 3. The highest BCUT2D eigenvalue weighted by Gasteiger charge is 2.41. The zero-order valence-corrected chi connectivity index (χ0v) is 31.0. The van der Waals surface area contributed by atoms with Gasteiger partial charge in [-0.2, -0.15) is 0 Å². The van der Waals surface area contributed by atoms with E-state index >= 15 is 0 Å². The number of unbranched alkanes of at least 4 members (excludes halogenated alkanes) is 1. The first kappa shape index (κ1) is 41.0. The van der Waals surface area contributed by atoms with E-state index in [4.69, 9.17) is 5.73 Å². The van der Waals surface area contributed by atoms with E-state index in [1.165, 1.54) is 6.33 Å². The molecule has 0 spiro atoms. The van der Waals surface area contributed by atoms with E-state index in [-0.39, 0.29) is 19.3 Å². The van der Waals surface area contributed by atoms with Crippen molar-refractivity contribution in [2.45, 2.75) is 61.8 Å². The first-order valence-electron chi connectivity index (χ1n) is 18.7. The quantitative estimate of drug-likeness (QED) is 0.0408. The number of rotatable bonds is 21. The van der Waals surface area contributed by atoms with Gasteiger partial charge in [0.2, 0.25) is 17.7 Å². The molecule has 0 bridgehead atoms. The lowest BCUT2D eigenvalue weighted by Gasteiger charge is -2.40. The van der Waals surface area contributed by atoms with E-state index in [0.29, 0.717) is 30.6 Å². The van der Waals surface area contributed by atoms with Crippen LogP contribution in [0.4, 0.5) is 0 Å². The minimum atomic E-state index is -1.58. The summed E-state index contributed by atoms with van der Waals surface area (Å²) in [4.78, 5) is 61.5. The van der Waals surface area contributed by atoms with Crippen LogP contribution in [-0.2, 0) is 37.6 Å². The van der Waals surface area contributed by atoms with Crippen LogP contribution in [0.5, 0.6) is 0 Å². The monoisotopic (exact) mass is 759 g/mol. The first-order chi connectivity index (χ1) is 27.2. The van der Waals surface area contributed by atoms with Crippen molar-refractivity contribution in [2.24, 2.45) is 5.73 Å². The maximum Gasteiger partial charge on any atom is 0.328 e. The molecule has 56 heavy (non-hydrogen) atoms. The van der Waals surface area contributed by atoms with Gasteiger partial charge in [-0.3, -0.25) is 19.7 Å². The highest BCUT2D eigenvalue weighted by molar-refractivity contribution is 5.94. The highest BCUT2D eigenvalue weighted by Crippen LogP contribution is 2.37. The number of hydrogen-bond donors (Lipinski definition) is 8. The molecule has 1 heterocycles. The Balaban J connectivity index is 1.51. The van der Waals surface area contributed by atoms with E-state index in [1.54, 1.807) is 30.5 Å². The van der Waals surface area contributed by atoms with Crippen LogP contribution in [0.1, 0.15) is 47.2 Å². The molecule has 292 valence electrons. The van der Waals surface area contributed by atoms with Gasteiger partial charge < -0.3 is 36.9 Å². The van der Waals surface area contributed by atoms with Gasteiger partial charge in [-0.25, -0.2) is 9.78 Å². The molecule has 9 N–H and O–H groups in total. The lowest BCUT2D eigenvalue weighted by Crippen LogP contribution is -2.60. The second-order valence-corrected chi connectivity index (χ2v) is 13.5. The number of imidazole rings is 1. The van der Waals surface area contributed by atoms with Gasteiger partial charge in [0, 0.05) is 19.0 Å². The van der Waals surface area contributed by atoms with Crippen LogP contribution >= 0.6 is 0 Å². The summed E-state index contributed by atoms with van der Waals surface area (Å²) in [6.07, 6.45) is 4.71. The van der Waals surface area contributed by atoms with Gasteiger partial charge >= 0.3 is 5.97 Å². The number of nitrogens with two attached hydrogens (primary N) is 1. The third kappa shape index (κ3) is 10.7. The van der Waals surface area contributed by atoms with Gasteiger partial charge in [-0.1, -0.05) is 121 Å². The number of carboxylic acid groups (broad SMARTS) is 1. The summed E-state index contributed by atoms with van der Waals surface area (Å²) >= 11 is 0. The molecule has 0 aliphatic heterocycles. The Morgan fingerprint density at radius 3 is 1.61 bits per heavy atom. The van der Waals surface area contributed by atoms with Crippen molar-refractivity contribution >= 4 is 23.7 Å². The molecule has 13 nitrogen and oxygen atoms in total. The van der Waals surface area contributed by atoms with Crippen molar-refractivity contribution in [2.75, 3.05) is 13.2 Å². The molecule has 4 aromatic carbocycles. The average Bonchev–Trinajstić information content (AvgIpc) is 3.75. The molecule has 0 unspecified atom stereocenters. The Kier molecular flexibility index (Phi) is 15.0. The van der Waals surface area contributed by atoms with Crippen molar-refractivity contribution in [3.63, 3.8) is 0 Å². The van der Waals surface area contributed by atoms with E-state index in [0.717, 1.165) is 16.7 Å². The Bertz CT molecular complexity index is 1870. The van der Waals surface area contributed by atoms with Crippen LogP contribution in [0.25, 0.3) is 0 Å². The van der Waals surface area contributed by atoms with Crippen LogP contribution in [-0.4, -0.2) is 81.2 Å². The van der Waals surface area contributed by atoms with Crippen LogP contribution < -0.4 is 27.0 Å². The van der Waals surface area contributed by atoms with E-state index in [9.17, 15) is 29.4 Å². The molecule has 4 atom stereocenters. The molecule has 0 radical (unpaired) electrons. The number of aliphatic carboxylic acids is 1. The zero-order valence-electron chi connectivity index (χ0n) is 31.0. The predicted molar refractivity (Wildman–Crippen MR) is 212 cm³/mol. The zero-order chi connectivity index (χ0) is 39.8. The third-order valence-electron chi connectivity index (χ3n) is 9.59. The number of benzene rings is 4. The summed E-state index contributed by atoms with van der Waals surface area (Å²) in [5, 5.41) is 30.9. The lowest BCUT2D eigenvalue weighted by molar-refractivity contribution is -0.143. The highest BCUT2D eigenvalue weighted by atomic mass is 16.4. The van der Waals surface area contributed by atoms with Crippen molar-refractivity contribution in [3.8, 4) is 0 Å². The normalized spacial score (nSPS) is 13.5. The van der Waals surface area contributed by atoms with Crippen molar-refractivity contribution in [1.82, 2.24) is 31.2 Å². The predicted octanol–water partition coefficient (Wildman–Crippen LogP) is 2.81. The molecular formula is C43H49N7O6. The Hall–Kier alpha value is -6.15. The van der Waals surface area contributed by atoms with E-state index < -0.39 is 60.0 Å². The maximum atomic E-state index is 14.8. The van der Waals surface area contributed by atoms with Gasteiger partial charge in [-0.15, -0.1) is 0 Å². The summed E-state index contributed by atoms with van der Waals surface area (Å²) in [6, 6.07) is 33.5. The Morgan fingerprint density at radius 1 is 0.643 bits per heavy atom. The standard InChI is InChI=1S/C43H49N7O6/c44-24-14-13-23-35(39(52)48-36(25-30-15-5-1-6-16-30)40(53)49-38(28-51)42(55)56)47-41(54)37(26-34-27-45-29-46-34)50-43(31-17-7-2-8-18-31,32-19-9-3-10-20-32)33-21-11-4-12-22-33/h1-12,15-22,27,29,35-38,50-51H,13-14,23-26,28,44H2,(H,45,46)(H,47,54)(H,48,52)(H,49,53)(H,55,56)/t35-,36-,37-,38-/m0/s1. The van der Waals surface area contributed by atoms with E-state index in [2.05, 4.69) is 31.2 Å². The minimum absolute atomic E-state index is 0.0245. The van der Waals surface area contributed by atoms with Crippen LogP contribution in [0, 0.1) is 0 Å². The van der Waals surface area contributed by atoms with Gasteiger partial charge in [0.05, 0.1) is 30.2 Å². The molecule has 0 fully saturated rings. The number of nitrogens with zero attached hydrogens (tertiary/aromatic N) is 1. The molecule has 0 aliphatic carbocycles. The maximum absolute atomic E-state index is 14.8. The number of aromatic nitrogens is 2. The second-order valence-electron chi connectivity index (χ2n) is 13.5. The van der Waals surface area contributed by atoms with Crippen molar-refractivity contribution in [3.05, 3.63) is 162 Å². The fourth-order valence-corrected chi connectivity index (χ4v) is 6.72.